The van der Waals surface area contributed by atoms with Crippen LogP contribution in [0.3, 0.4) is 0 Å². The number of aromatic amines is 1. The minimum Gasteiger partial charge on any atom is -0.360 e. The van der Waals surface area contributed by atoms with Crippen LogP contribution in [0.25, 0.3) is 16.6 Å². The van der Waals surface area contributed by atoms with Gasteiger partial charge in [-0.05, 0) is 29.7 Å². The molecule has 5 rings (SSSR count). The van der Waals surface area contributed by atoms with Gasteiger partial charge in [0, 0.05) is 34.8 Å². The van der Waals surface area contributed by atoms with Crippen molar-refractivity contribution in [3.05, 3.63) is 113 Å². The average Bonchev–Trinajstić information content (AvgIpc) is 3.53. The van der Waals surface area contributed by atoms with E-state index in [1.165, 1.54) is 5.56 Å². The van der Waals surface area contributed by atoms with Gasteiger partial charge in [-0.2, -0.15) is 10.2 Å². The van der Waals surface area contributed by atoms with Gasteiger partial charge in [0.25, 0.3) is 0 Å². The zero-order valence-corrected chi connectivity index (χ0v) is 17.7. The summed E-state index contributed by atoms with van der Waals surface area (Å²) in [5, 5.41) is 12.6. The summed E-state index contributed by atoms with van der Waals surface area (Å²) in [6.45, 7) is 1.35. The number of rotatable bonds is 8. The smallest absolute Gasteiger partial charge is 0.186 e. The first-order valence-electron chi connectivity index (χ1n) is 10.9. The van der Waals surface area contributed by atoms with Crippen molar-refractivity contribution in [1.82, 2.24) is 10.3 Å². The number of azo groups is 1. The van der Waals surface area contributed by atoms with E-state index in [9.17, 15) is 4.79 Å². The molecule has 0 aliphatic carbocycles. The third kappa shape index (κ3) is 4.15. The predicted molar refractivity (Wildman–Crippen MR) is 128 cm³/mol. The molecule has 1 atom stereocenters. The maximum Gasteiger partial charge on any atom is 0.186 e. The van der Waals surface area contributed by atoms with Gasteiger partial charge < -0.3 is 10.3 Å². The van der Waals surface area contributed by atoms with Gasteiger partial charge in [0.05, 0.1) is 18.3 Å². The molecule has 2 heterocycles. The minimum atomic E-state index is -0.404. The fourth-order valence-electron chi connectivity index (χ4n) is 4.10. The Bertz CT molecular complexity index is 1290. The van der Waals surface area contributed by atoms with E-state index in [0.29, 0.717) is 18.7 Å². The molecule has 0 fully saturated rings. The van der Waals surface area contributed by atoms with Crippen molar-refractivity contribution in [3.63, 3.8) is 0 Å². The first-order chi connectivity index (χ1) is 15.8. The van der Waals surface area contributed by atoms with Crippen LogP contribution in [0, 0.1) is 0 Å². The standard InChI is InChI=1S/C27H24N4O/c32-27(23-18-29-25-9-5-4-8-22(23)25)26(21-6-2-1-3-7-21)28-16-14-19-10-12-20(13-11-19)24-15-17-30-31-24/h1-13,15,18,26,28-29H,14,16-17H2/t26-/m1/s1. The molecule has 3 aromatic carbocycles. The van der Waals surface area contributed by atoms with E-state index in [2.05, 4.69) is 44.8 Å². The van der Waals surface area contributed by atoms with E-state index in [-0.39, 0.29) is 5.78 Å². The topological polar surface area (TPSA) is 69.6 Å². The van der Waals surface area contributed by atoms with Crippen molar-refractivity contribution in [2.45, 2.75) is 12.5 Å². The monoisotopic (exact) mass is 420 g/mol. The molecule has 158 valence electrons. The number of benzene rings is 3. The number of ketones is 1. The number of H-pyrrole nitrogens is 1. The van der Waals surface area contributed by atoms with Gasteiger partial charge in [0.1, 0.15) is 0 Å². The van der Waals surface area contributed by atoms with Crippen molar-refractivity contribution in [2.24, 2.45) is 10.2 Å². The SMILES string of the molecule is O=C(c1c[nH]c2ccccc12)[C@H](NCCc1ccc(C2=CCN=N2)cc1)c1ccccc1. The summed E-state index contributed by atoms with van der Waals surface area (Å²) >= 11 is 0. The Labute approximate surface area is 186 Å². The Hall–Kier alpha value is -3.83. The highest BCUT2D eigenvalue weighted by Crippen LogP contribution is 2.25. The van der Waals surface area contributed by atoms with Gasteiger partial charge in [-0.1, -0.05) is 72.8 Å². The van der Waals surface area contributed by atoms with Crippen LogP contribution in [-0.2, 0) is 6.42 Å². The third-order valence-corrected chi connectivity index (χ3v) is 5.81. The number of carbonyl (C=O) groups is 1. The lowest BCUT2D eigenvalue weighted by atomic mass is 9.96. The van der Waals surface area contributed by atoms with Crippen molar-refractivity contribution in [2.75, 3.05) is 13.1 Å². The zero-order chi connectivity index (χ0) is 21.8. The number of hydrogen-bond acceptors (Lipinski definition) is 4. The summed E-state index contributed by atoms with van der Waals surface area (Å²) in [5.41, 5.74) is 5.88. The summed E-state index contributed by atoms with van der Waals surface area (Å²) in [4.78, 5) is 16.8. The summed E-state index contributed by atoms with van der Waals surface area (Å²) in [6.07, 6.45) is 4.67. The van der Waals surface area contributed by atoms with Crippen LogP contribution in [0.15, 0.2) is 101 Å². The largest absolute Gasteiger partial charge is 0.360 e. The molecule has 1 aromatic heterocycles. The summed E-state index contributed by atoms with van der Waals surface area (Å²) in [6, 6.07) is 25.8. The Morgan fingerprint density at radius 2 is 1.75 bits per heavy atom. The van der Waals surface area contributed by atoms with Crippen LogP contribution >= 0.6 is 0 Å². The Kier molecular flexibility index (Phi) is 5.73. The van der Waals surface area contributed by atoms with Gasteiger partial charge in [-0.3, -0.25) is 4.79 Å². The summed E-state index contributed by atoms with van der Waals surface area (Å²) in [5.74, 6) is 0.0718. The van der Waals surface area contributed by atoms with Crippen LogP contribution < -0.4 is 5.32 Å². The molecule has 0 radical (unpaired) electrons. The quantitative estimate of drug-likeness (QED) is 0.357. The zero-order valence-electron chi connectivity index (χ0n) is 17.7. The molecule has 4 aromatic rings. The molecule has 1 aliphatic heterocycles. The van der Waals surface area contributed by atoms with E-state index < -0.39 is 6.04 Å². The first-order valence-corrected chi connectivity index (χ1v) is 10.9. The predicted octanol–water partition coefficient (Wildman–Crippen LogP) is 5.73. The lowest BCUT2D eigenvalue weighted by Crippen LogP contribution is -2.30. The molecule has 0 bridgehead atoms. The number of aromatic nitrogens is 1. The van der Waals surface area contributed by atoms with E-state index in [4.69, 9.17) is 0 Å². The van der Waals surface area contributed by atoms with E-state index in [1.807, 2.05) is 66.9 Å². The first kappa shape index (κ1) is 20.1. The maximum absolute atomic E-state index is 13.5. The van der Waals surface area contributed by atoms with Gasteiger partial charge in [-0.15, -0.1) is 0 Å². The molecule has 0 saturated carbocycles. The number of fused-ring (bicyclic) bond motifs is 1. The Balaban J connectivity index is 1.32. The molecule has 0 amide bonds. The third-order valence-electron chi connectivity index (χ3n) is 5.81. The number of nitrogens with one attached hydrogen (secondary N) is 2. The molecule has 5 heteroatoms. The van der Waals surface area contributed by atoms with Gasteiger partial charge >= 0.3 is 0 Å². The molecule has 0 unspecified atom stereocenters. The average molecular weight is 421 g/mol. The molecule has 32 heavy (non-hydrogen) atoms. The fraction of sp³-hybridized carbons (Fsp3) is 0.148. The van der Waals surface area contributed by atoms with Crippen LogP contribution in [0.4, 0.5) is 0 Å². The van der Waals surface area contributed by atoms with Gasteiger partial charge in [0.15, 0.2) is 5.78 Å². The number of hydrogen-bond donors (Lipinski definition) is 2. The maximum atomic E-state index is 13.5. The van der Waals surface area contributed by atoms with E-state index >= 15 is 0 Å². The number of nitrogens with zero attached hydrogens (tertiary/aromatic N) is 2. The number of carbonyl (C=O) groups excluding carboxylic acids is 1. The van der Waals surface area contributed by atoms with Gasteiger partial charge in [0.2, 0.25) is 0 Å². The van der Waals surface area contributed by atoms with Crippen molar-refractivity contribution in [3.8, 4) is 0 Å². The normalized spacial score (nSPS) is 13.9. The Morgan fingerprint density at radius 3 is 2.53 bits per heavy atom. The molecule has 5 nitrogen and oxygen atoms in total. The highest BCUT2D eigenvalue weighted by Gasteiger charge is 2.23. The molecule has 0 saturated heterocycles. The minimum absolute atomic E-state index is 0.0718. The molecular formula is C27H24N4O. The second-order valence-electron chi connectivity index (χ2n) is 7.87. The van der Waals surface area contributed by atoms with E-state index in [1.54, 1.807) is 0 Å². The van der Waals surface area contributed by atoms with Crippen LogP contribution in [0.5, 0.6) is 0 Å². The lowest BCUT2D eigenvalue weighted by Gasteiger charge is -2.18. The molecular weight excluding hydrogens is 396 g/mol. The lowest BCUT2D eigenvalue weighted by molar-refractivity contribution is 0.0945. The second kappa shape index (κ2) is 9.12. The molecule has 1 aliphatic rings. The Morgan fingerprint density at radius 1 is 0.969 bits per heavy atom. The fourth-order valence-corrected chi connectivity index (χ4v) is 4.10. The summed E-state index contributed by atoms with van der Waals surface area (Å²) < 4.78 is 0. The number of Topliss-reactive ketones (excluding diaryl/α,β-unsaturated/α-hetero) is 1. The van der Waals surface area contributed by atoms with Crippen molar-refractivity contribution < 1.29 is 4.79 Å². The van der Waals surface area contributed by atoms with Crippen LogP contribution in [-0.4, -0.2) is 23.9 Å². The van der Waals surface area contributed by atoms with Crippen molar-refractivity contribution >= 4 is 22.4 Å². The highest BCUT2D eigenvalue weighted by atomic mass is 16.1. The highest BCUT2D eigenvalue weighted by molar-refractivity contribution is 6.10. The van der Waals surface area contributed by atoms with Crippen LogP contribution in [0.2, 0.25) is 0 Å². The van der Waals surface area contributed by atoms with E-state index in [0.717, 1.165) is 34.1 Å². The van der Waals surface area contributed by atoms with Crippen molar-refractivity contribution in [1.29, 1.82) is 0 Å². The molecule has 0 spiro atoms. The number of para-hydroxylation sites is 1. The van der Waals surface area contributed by atoms with Gasteiger partial charge in [-0.25, -0.2) is 0 Å². The second-order valence-corrected chi connectivity index (χ2v) is 7.87. The van der Waals surface area contributed by atoms with Crippen LogP contribution in [0.1, 0.15) is 33.1 Å². The molecule has 2 N–H and O–H groups in total. The summed E-state index contributed by atoms with van der Waals surface area (Å²) in [7, 11) is 0.